The Bertz CT molecular complexity index is 991. The largest absolute Gasteiger partial charge is 0.465 e. The molecule has 0 aliphatic rings. The normalized spacial score (nSPS) is 11.5. The van der Waals surface area contributed by atoms with Crippen LogP contribution in [0.3, 0.4) is 0 Å². The van der Waals surface area contributed by atoms with E-state index in [0.29, 0.717) is 27.6 Å². The van der Waals surface area contributed by atoms with Crippen molar-refractivity contribution in [1.82, 2.24) is 5.32 Å². The lowest BCUT2D eigenvalue weighted by molar-refractivity contribution is 0.0936. The van der Waals surface area contributed by atoms with Crippen LogP contribution in [0, 0.1) is 0 Å². The molecular weight excluding hydrogens is 401 g/mol. The van der Waals surface area contributed by atoms with Crippen LogP contribution in [0.4, 0.5) is 4.79 Å². The molecule has 3 aromatic carbocycles. The molecule has 2 N–H and O–H groups in total. The average Bonchev–Trinajstić information content (AvgIpc) is 2.69. The molecule has 0 aliphatic heterocycles. The Balaban J connectivity index is 1.84. The van der Waals surface area contributed by atoms with Crippen molar-refractivity contribution in [3.8, 4) is 11.5 Å². The third-order valence-electron chi connectivity index (χ3n) is 3.92. The Labute approximate surface area is 171 Å². The first-order chi connectivity index (χ1) is 13.4. The summed E-state index contributed by atoms with van der Waals surface area (Å²) in [6, 6.07) is 19.1. The van der Waals surface area contributed by atoms with E-state index >= 15 is 0 Å². The number of benzene rings is 3. The Morgan fingerprint density at radius 1 is 0.857 bits per heavy atom. The Morgan fingerprint density at radius 2 is 1.50 bits per heavy atom. The van der Waals surface area contributed by atoms with Crippen LogP contribution in [0.5, 0.6) is 11.5 Å². The highest BCUT2D eigenvalue weighted by atomic mass is 35.5. The smallest absolute Gasteiger partial charge is 0.405 e. The zero-order chi connectivity index (χ0) is 20.1. The van der Waals surface area contributed by atoms with Crippen molar-refractivity contribution in [2.75, 3.05) is 0 Å². The van der Waals surface area contributed by atoms with Crippen LogP contribution in [0.2, 0.25) is 10.0 Å². The maximum absolute atomic E-state index is 12.9. The summed E-state index contributed by atoms with van der Waals surface area (Å²) in [5.41, 5.74) is 0.719. The first-order valence-corrected chi connectivity index (χ1v) is 9.01. The number of hydrogen-bond donors (Lipinski definition) is 2. The molecule has 0 aliphatic carbocycles. The second-order valence-electron chi connectivity index (χ2n) is 5.86. The minimum absolute atomic E-state index is 0.232. The number of carboxylic acid groups (broad SMARTS) is 1. The number of rotatable bonds is 6. The number of hydrogen-bond acceptors (Lipinski definition) is 3. The monoisotopic (exact) mass is 415 g/mol. The topological polar surface area (TPSA) is 75.6 Å². The third-order valence-corrected chi connectivity index (χ3v) is 4.66. The lowest BCUT2D eigenvalue weighted by atomic mass is 9.97. The van der Waals surface area contributed by atoms with E-state index in [2.05, 4.69) is 5.32 Å². The van der Waals surface area contributed by atoms with E-state index in [1.165, 1.54) is 12.1 Å². The number of carbonyl (C=O) groups is 2. The number of carbonyl (C=O) groups excluding carboxylic acids is 1. The Kier molecular flexibility index (Phi) is 6.19. The lowest BCUT2D eigenvalue weighted by Gasteiger charge is -2.17. The van der Waals surface area contributed by atoms with Gasteiger partial charge in [-0.3, -0.25) is 4.79 Å². The van der Waals surface area contributed by atoms with Crippen LogP contribution in [0.15, 0.2) is 72.8 Å². The van der Waals surface area contributed by atoms with E-state index in [1.807, 2.05) is 30.3 Å². The molecule has 0 radical (unpaired) electrons. The molecule has 0 fully saturated rings. The molecule has 0 saturated carbocycles. The van der Waals surface area contributed by atoms with Crippen LogP contribution in [0.25, 0.3) is 0 Å². The minimum Gasteiger partial charge on any atom is -0.465 e. The molecule has 7 heteroatoms. The fourth-order valence-corrected chi connectivity index (χ4v) is 2.90. The standard InChI is InChI=1S/C21H15Cl2NO4/c22-17-11-8-14(12-18(17)23)19(24-21(26)27)20(25)13-6-9-16(10-7-13)28-15-4-2-1-3-5-15/h1-12,19,24H,(H,26,27). The number of nitrogens with one attached hydrogen (secondary N) is 1. The van der Waals surface area contributed by atoms with Crippen molar-refractivity contribution in [2.45, 2.75) is 6.04 Å². The van der Waals surface area contributed by atoms with Crippen molar-refractivity contribution in [3.63, 3.8) is 0 Å². The molecule has 0 bridgehead atoms. The second-order valence-corrected chi connectivity index (χ2v) is 6.67. The third kappa shape index (κ3) is 4.82. The van der Waals surface area contributed by atoms with Crippen molar-refractivity contribution in [3.05, 3.63) is 94.0 Å². The minimum atomic E-state index is -1.33. The fraction of sp³-hybridized carbons (Fsp3) is 0.0476. The van der Waals surface area contributed by atoms with E-state index in [9.17, 15) is 9.59 Å². The summed E-state index contributed by atoms with van der Waals surface area (Å²) in [6.45, 7) is 0. The van der Waals surface area contributed by atoms with Gasteiger partial charge in [-0.2, -0.15) is 0 Å². The summed E-state index contributed by atoms with van der Waals surface area (Å²) in [4.78, 5) is 24.1. The van der Waals surface area contributed by atoms with Gasteiger partial charge in [-0.05, 0) is 54.1 Å². The Hall–Kier alpha value is -3.02. The maximum Gasteiger partial charge on any atom is 0.405 e. The van der Waals surface area contributed by atoms with E-state index < -0.39 is 17.9 Å². The molecule has 28 heavy (non-hydrogen) atoms. The van der Waals surface area contributed by atoms with Gasteiger partial charge in [0.15, 0.2) is 5.78 Å². The first kappa shape index (κ1) is 19.7. The highest BCUT2D eigenvalue weighted by molar-refractivity contribution is 6.42. The van der Waals surface area contributed by atoms with Gasteiger partial charge in [0.1, 0.15) is 17.5 Å². The van der Waals surface area contributed by atoms with Crippen molar-refractivity contribution < 1.29 is 19.4 Å². The first-order valence-electron chi connectivity index (χ1n) is 8.25. The summed E-state index contributed by atoms with van der Waals surface area (Å²) in [7, 11) is 0. The molecule has 142 valence electrons. The summed E-state index contributed by atoms with van der Waals surface area (Å²) in [5, 5.41) is 11.9. The van der Waals surface area contributed by atoms with Crippen LogP contribution in [0.1, 0.15) is 22.0 Å². The maximum atomic E-state index is 12.9. The lowest BCUT2D eigenvalue weighted by Crippen LogP contribution is -2.32. The highest BCUT2D eigenvalue weighted by Gasteiger charge is 2.24. The number of halogens is 2. The molecule has 0 aromatic heterocycles. The quantitative estimate of drug-likeness (QED) is 0.485. The van der Waals surface area contributed by atoms with Gasteiger partial charge < -0.3 is 15.2 Å². The summed E-state index contributed by atoms with van der Waals surface area (Å²) < 4.78 is 5.70. The molecule has 1 unspecified atom stereocenters. The molecule has 0 saturated heterocycles. The van der Waals surface area contributed by atoms with Crippen molar-refractivity contribution in [1.29, 1.82) is 0 Å². The number of ether oxygens (including phenoxy) is 1. The van der Waals surface area contributed by atoms with Gasteiger partial charge in [0, 0.05) is 5.56 Å². The Morgan fingerprint density at radius 3 is 2.11 bits per heavy atom. The van der Waals surface area contributed by atoms with Crippen molar-refractivity contribution >= 4 is 35.1 Å². The molecular formula is C21H15Cl2NO4. The van der Waals surface area contributed by atoms with Crippen LogP contribution >= 0.6 is 23.2 Å². The van der Waals surface area contributed by atoms with Crippen LogP contribution in [-0.4, -0.2) is 17.0 Å². The molecule has 0 spiro atoms. The van der Waals surface area contributed by atoms with E-state index in [1.54, 1.807) is 30.3 Å². The molecule has 3 rings (SSSR count). The van der Waals surface area contributed by atoms with Gasteiger partial charge in [0.2, 0.25) is 0 Å². The van der Waals surface area contributed by atoms with E-state index in [0.717, 1.165) is 0 Å². The average molecular weight is 416 g/mol. The van der Waals surface area contributed by atoms with Gasteiger partial charge in [-0.25, -0.2) is 4.79 Å². The van der Waals surface area contributed by atoms with Crippen LogP contribution < -0.4 is 10.1 Å². The summed E-state index contributed by atoms with van der Waals surface area (Å²) in [6.07, 6.45) is -1.33. The summed E-state index contributed by atoms with van der Waals surface area (Å²) in [5.74, 6) is 0.801. The highest BCUT2D eigenvalue weighted by Crippen LogP contribution is 2.28. The number of Topliss-reactive ketones (excluding diaryl/α,β-unsaturated/α-hetero) is 1. The fourth-order valence-electron chi connectivity index (χ4n) is 2.59. The summed E-state index contributed by atoms with van der Waals surface area (Å²) >= 11 is 11.9. The van der Waals surface area contributed by atoms with E-state index in [4.69, 9.17) is 33.0 Å². The number of amides is 1. The zero-order valence-electron chi connectivity index (χ0n) is 14.4. The molecule has 3 aromatic rings. The predicted molar refractivity (Wildman–Crippen MR) is 108 cm³/mol. The second kappa shape index (κ2) is 8.78. The van der Waals surface area contributed by atoms with Gasteiger partial charge in [-0.15, -0.1) is 0 Å². The SMILES string of the molecule is O=C(O)NC(C(=O)c1ccc(Oc2ccccc2)cc1)c1ccc(Cl)c(Cl)c1. The van der Waals surface area contributed by atoms with Crippen molar-refractivity contribution in [2.24, 2.45) is 0 Å². The predicted octanol–water partition coefficient (Wildman–Crippen LogP) is 5.98. The molecule has 0 heterocycles. The van der Waals surface area contributed by atoms with Gasteiger partial charge in [0.05, 0.1) is 10.0 Å². The molecule has 5 nitrogen and oxygen atoms in total. The number of ketones is 1. The van der Waals surface area contributed by atoms with Gasteiger partial charge in [-0.1, -0.05) is 47.5 Å². The van der Waals surface area contributed by atoms with Gasteiger partial charge in [0.25, 0.3) is 0 Å². The van der Waals surface area contributed by atoms with E-state index in [-0.39, 0.29) is 5.02 Å². The zero-order valence-corrected chi connectivity index (χ0v) is 15.9. The molecule has 1 atom stereocenters. The van der Waals surface area contributed by atoms with Crippen LogP contribution in [-0.2, 0) is 0 Å². The molecule has 1 amide bonds. The van der Waals surface area contributed by atoms with Gasteiger partial charge >= 0.3 is 6.09 Å². The number of para-hydroxylation sites is 1.